The summed E-state index contributed by atoms with van der Waals surface area (Å²) in [7, 11) is 0. The lowest BCUT2D eigenvalue weighted by molar-refractivity contribution is -0.143. The molecule has 31 heavy (non-hydrogen) atoms. The van der Waals surface area contributed by atoms with Gasteiger partial charge in [-0.05, 0) is 49.1 Å². The molecule has 0 unspecified atom stereocenters. The van der Waals surface area contributed by atoms with E-state index >= 15 is 0 Å². The fourth-order valence-corrected chi connectivity index (χ4v) is 4.17. The number of amides is 2. The Morgan fingerprint density at radius 2 is 1.77 bits per heavy atom. The first-order valence-electron chi connectivity index (χ1n) is 10.7. The van der Waals surface area contributed by atoms with E-state index in [4.69, 9.17) is 27.9 Å². The van der Waals surface area contributed by atoms with Crippen LogP contribution in [0, 0.1) is 0 Å². The van der Waals surface area contributed by atoms with Crippen molar-refractivity contribution in [1.29, 1.82) is 0 Å². The molecule has 1 fully saturated rings. The number of nitrogens with one attached hydrogen (secondary N) is 1. The van der Waals surface area contributed by atoms with E-state index in [2.05, 4.69) is 5.32 Å². The maximum atomic E-state index is 13.2. The minimum Gasteiger partial charge on any atom is -0.482 e. The SMILES string of the molecule is CC[C@@H](C(=O)NC1CCCC1)N(Cc1ccc(Cl)cc1)C(=O)COc1ccccc1Cl. The highest BCUT2D eigenvalue weighted by atomic mass is 35.5. The van der Waals surface area contributed by atoms with Gasteiger partial charge in [0.25, 0.3) is 5.91 Å². The van der Waals surface area contributed by atoms with Crippen molar-refractivity contribution in [2.45, 2.75) is 57.7 Å². The van der Waals surface area contributed by atoms with E-state index in [1.807, 2.05) is 19.1 Å². The Morgan fingerprint density at radius 1 is 1.10 bits per heavy atom. The van der Waals surface area contributed by atoms with Crippen LogP contribution in [0.1, 0.15) is 44.6 Å². The van der Waals surface area contributed by atoms with Gasteiger partial charge < -0.3 is 15.0 Å². The van der Waals surface area contributed by atoms with Crippen LogP contribution in [0.3, 0.4) is 0 Å². The Bertz CT molecular complexity index is 883. The zero-order chi connectivity index (χ0) is 22.2. The van der Waals surface area contributed by atoms with Gasteiger partial charge >= 0.3 is 0 Å². The summed E-state index contributed by atoms with van der Waals surface area (Å²) in [6, 6.07) is 13.9. The van der Waals surface area contributed by atoms with E-state index in [0.717, 1.165) is 31.2 Å². The highest BCUT2D eigenvalue weighted by Crippen LogP contribution is 2.24. The number of halogens is 2. The summed E-state index contributed by atoms with van der Waals surface area (Å²) >= 11 is 12.1. The fourth-order valence-electron chi connectivity index (χ4n) is 3.86. The van der Waals surface area contributed by atoms with Crippen LogP contribution in [-0.4, -0.2) is 35.4 Å². The van der Waals surface area contributed by atoms with Crippen molar-refractivity contribution in [3.63, 3.8) is 0 Å². The second-order valence-electron chi connectivity index (χ2n) is 7.78. The molecule has 3 rings (SSSR count). The molecule has 0 heterocycles. The van der Waals surface area contributed by atoms with E-state index in [1.165, 1.54) is 0 Å². The molecule has 0 saturated heterocycles. The number of nitrogens with zero attached hydrogens (tertiary/aromatic N) is 1. The average molecular weight is 463 g/mol. The summed E-state index contributed by atoms with van der Waals surface area (Å²) in [6.07, 6.45) is 4.73. The van der Waals surface area contributed by atoms with Gasteiger partial charge in [-0.2, -0.15) is 0 Å². The lowest BCUT2D eigenvalue weighted by Gasteiger charge is -2.31. The van der Waals surface area contributed by atoms with Crippen LogP contribution in [0.2, 0.25) is 10.0 Å². The highest BCUT2D eigenvalue weighted by Gasteiger charge is 2.30. The van der Waals surface area contributed by atoms with Gasteiger partial charge in [-0.25, -0.2) is 0 Å². The molecule has 0 aromatic heterocycles. The number of hydrogen-bond acceptors (Lipinski definition) is 3. The van der Waals surface area contributed by atoms with E-state index in [0.29, 0.717) is 28.8 Å². The first-order chi connectivity index (χ1) is 15.0. The van der Waals surface area contributed by atoms with Gasteiger partial charge in [-0.3, -0.25) is 9.59 Å². The molecule has 0 bridgehead atoms. The lowest BCUT2D eigenvalue weighted by Crippen LogP contribution is -2.52. The minimum absolute atomic E-state index is 0.116. The van der Waals surface area contributed by atoms with Gasteiger partial charge in [0.15, 0.2) is 6.61 Å². The number of para-hydroxylation sites is 1. The monoisotopic (exact) mass is 462 g/mol. The van der Waals surface area contributed by atoms with Crippen LogP contribution < -0.4 is 10.1 Å². The van der Waals surface area contributed by atoms with Crippen LogP contribution in [0.4, 0.5) is 0 Å². The van der Waals surface area contributed by atoms with E-state index in [-0.39, 0.29) is 24.5 Å². The van der Waals surface area contributed by atoms with Crippen molar-refractivity contribution in [1.82, 2.24) is 10.2 Å². The standard InChI is InChI=1S/C24H28Cl2N2O3/c1-2-21(24(30)27-19-7-3-4-8-19)28(15-17-11-13-18(25)14-12-17)23(29)16-31-22-10-6-5-9-20(22)26/h5-6,9-14,19,21H,2-4,7-8,15-16H2,1H3,(H,27,30)/t21-/m0/s1. The maximum Gasteiger partial charge on any atom is 0.261 e. The number of ether oxygens (including phenoxy) is 1. The Labute approximate surface area is 193 Å². The molecule has 1 aliphatic rings. The molecule has 1 aliphatic carbocycles. The summed E-state index contributed by atoms with van der Waals surface area (Å²) < 4.78 is 5.67. The summed E-state index contributed by atoms with van der Waals surface area (Å²) in [5.41, 5.74) is 0.891. The third kappa shape index (κ3) is 6.62. The minimum atomic E-state index is -0.585. The van der Waals surface area contributed by atoms with E-state index < -0.39 is 6.04 Å². The molecule has 1 atom stereocenters. The maximum absolute atomic E-state index is 13.2. The normalized spacial score (nSPS) is 14.8. The molecule has 0 radical (unpaired) electrons. The fraction of sp³-hybridized carbons (Fsp3) is 0.417. The predicted octanol–water partition coefficient (Wildman–Crippen LogP) is 5.24. The van der Waals surface area contributed by atoms with E-state index in [1.54, 1.807) is 41.3 Å². The van der Waals surface area contributed by atoms with Crippen molar-refractivity contribution in [3.8, 4) is 5.75 Å². The predicted molar refractivity (Wildman–Crippen MR) is 123 cm³/mol. The second kappa shape index (κ2) is 11.4. The molecule has 1 saturated carbocycles. The molecule has 7 heteroatoms. The molecule has 2 aromatic carbocycles. The van der Waals surface area contributed by atoms with Gasteiger partial charge in [0, 0.05) is 17.6 Å². The Morgan fingerprint density at radius 3 is 2.42 bits per heavy atom. The van der Waals surface area contributed by atoms with Crippen LogP contribution in [0.15, 0.2) is 48.5 Å². The van der Waals surface area contributed by atoms with Crippen LogP contribution in [0.25, 0.3) is 0 Å². The van der Waals surface area contributed by atoms with Crippen molar-refractivity contribution < 1.29 is 14.3 Å². The largest absolute Gasteiger partial charge is 0.482 e. The van der Waals surface area contributed by atoms with Crippen LogP contribution in [0.5, 0.6) is 5.75 Å². The van der Waals surface area contributed by atoms with Gasteiger partial charge in [-0.1, -0.05) is 67.2 Å². The summed E-state index contributed by atoms with van der Waals surface area (Å²) in [4.78, 5) is 27.8. The molecule has 0 aliphatic heterocycles. The smallest absolute Gasteiger partial charge is 0.261 e. The topological polar surface area (TPSA) is 58.6 Å². The van der Waals surface area contributed by atoms with Gasteiger partial charge in [0.1, 0.15) is 11.8 Å². The highest BCUT2D eigenvalue weighted by molar-refractivity contribution is 6.32. The number of carbonyl (C=O) groups is 2. The molecule has 2 amide bonds. The quantitative estimate of drug-likeness (QED) is 0.554. The lowest BCUT2D eigenvalue weighted by atomic mass is 10.1. The first-order valence-corrected chi connectivity index (χ1v) is 11.4. The first kappa shape index (κ1) is 23.4. The number of hydrogen-bond donors (Lipinski definition) is 1. The molecular weight excluding hydrogens is 435 g/mol. The van der Waals surface area contributed by atoms with Gasteiger partial charge in [0.2, 0.25) is 5.91 Å². The van der Waals surface area contributed by atoms with Crippen LogP contribution in [-0.2, 0) is 16.1 Å². The molecule has 5 nitrogen and oxygen atoms in total. The van der Waals surface area contributed by atoms with Crippen molar-refractivity contribution in [2.24, 2.45) is 0 Å². The zero-order valence-electron chi connectivity index (χ0n) is 17.7. The second-order valence-corrected chi connectivity index (χ2v) is 8.62. The molecular formula is C24H28Cl2N2O3. The number of benzene rings is 2. The third-order valence-electron chi connectivity index (χ3n) is 5.54. The zero-order valence-corrected chi connectivity index (χ0v) is 19.2. The van der Waals surface area contributed by atoms with Crippen LogP contribution >= 0.6 is 23.2 Å². The molecule has 2 aromatic rings. The molecule has 166 valence electrons. The summed E-state index contributed by atoms with van der Waals surface area (Å²) in [5.74, 6) is 0.0464. The molecule has 0 spiro atoms. The third-order valence-corrected chi connectivity index (χ3v) is 6.11. The van der Waals surface area contributed by atoms with Crippen molar-refractivity contribution >= 4 is 35.0 Å². The van der Waals surface area contributed by atoms with Gasteiger partial charge in [0.05, 0.1) is 5.02 Å². The van der Waals surface area contributed by atoms with Gasteiger partial charge in [-0.15, -0.1) is 0 Å². The number of carbonyl (C=O) groups excluding carboxylic acids is 2. The Kier molecular flexibility index (Phi) is 8.61. The van der Waals surface area contributed by atoms with Crippen molar-refractivity contribution in [3.05, 3.63) is 64.1 Å². The van der Waals surface area contributed by atoms with Crippen molar-refractivity contribution in [2.75, 3.05) is 6.61 Å². The number of rotatable bonds is 9. The summed E-state index contributed by atoms with van der Waals surface area (Å²) in [5, 5.41) is 4.18. The Balaban J connectivity index is 1.76. The Hall–Kier alpha value is -2.24. The average Bonchev–Trinajstić information content (AvgIpc) is 3.27. The van der Waals surface area contributed by atoms with E-state index in [9.17, 15) is 9.59 Å². The summed E-state index contributed by atoms with van der Waals surface area (Å²) in [6.45, 7) is 2.00. The molecule has 1 N–H and O–H groups in total.